The van der Waals surface area contributed by atoms with Crippen LogP contribution in [0.25, 0.3) is 22.3 Å². The van der Waals surface area contributed by atoms with Crippen LogP contribution in [0.15, 0.2) is 60.9 Å². The molecule has 0 aliphatic carbocycles. The molecule has 1 aliphatic heterocycles. The van der Waals surface area contributed by atoms with Crippen molar-refractivity contribution in [2.24, 2.45) is 0 Å². The maximum atomic E-state index is 4.88. The molecule has 4 nitrogen and oxygen atoms in total. The molecule has 3 heterocycles. The third-order valence-corrected chi connectivity index (χ3v) is 7.57. The van der Waals surface area contributed by atoms with E-state index in [4.69, 9.17) is 9.97 Å². The Kier molecular flexibility index (Phi) is 7.01. The van der Waals surface area contributed by atoms with Gasteiger partial charge in [0.15, 0.2) is 0 Å². The first-order valence-corrected chi connectivity index (χ1v) is 13.4. The number of anilines is 2. The van der Waals surface area contributed by atoms with E-state index in [9.17, 15) is 0 Å². The predicted molar refractivity (Wildman–Crippen MR) is 157 cm³/mol. The predicted octanol–water partition coefficient (Wildman–Crippen LogP) is 7.38. The van der Waals surface area contributed by atoms with Gasteiger partial charge in [0.1, 0.15) is 11.6 Å². The molecule has 1 saturated heterocycles. The quantitative estimate of drug-likeness (QED) is 0.299. The number of aryl methyl sites for hydroxylation is 6. The van der Waals surface area contributed by atoms with Crippen molar-refractivity contribution in [1.82, 2.24) is 9.97 Å². The lowest BCUT2D eigenvalue weighted by Gasteiger charge is -2.24. The summed E-state index contributed by atoms with van der Waals surface area (Å²) in [6.45, 7) is 17.0. The van der Waals surface area contributed by atoms with Gasteiger partial charge in [0.25, 0.3) is 0 Å². The van der Waals surface area contributed by atoms with Crippen molar-refractivity contribution in [2.45, 2.75) is 48.0 Å². The topological polar surface area (TPSA) is 32.3 Å². The maximum Gasteiger partial charge on any atom is 0.128 e. The minimum atomic E-state index is 0.939. The minimum absolute atomic E-state index is 0.939. The molecule has 0 atom stereocenters. The lowest BCUT2D eigenvalue weighted by Crippen LogP contribution is -2.31. The van der Waals surface area contributed by atoms with Crippen LogP contribution in [-0.4, -0.2) is 36.1 Å². The second-order valence-electron chi connectivity index (χ2n) is 10.7. The van der Waals surface area contributed by atoms with E-state index in [-0.39, 0.29) is 0 Å². The van der Waals surface area contributed by atoms with Gasteiger partial charge in [-0.3, -0.25) is 0 Å². The standard InChI is InChI=1S/C33H38N4/c1-22-16-24(3)32(25(4)17-22)28-8-10-30(34-20-28)36-12-7-13-37(15-14-36)31-11-9-29(21-35-31)33-26(5)18-23(2)19-27(33)6/h8-11,16-21H,7,12-15H2,1-6H3. The molecule has 1 aliphatic rings. The molecule has 4 aromatic rings. The normalized spacial score (nSPS) is 14.1. The van der Waals surface area contributed by atoms with Crippen LogP contribution in [0.3, 0.4) is 0 Å². The van der Waals surface area contributed by atoms with Gasteiger partial charge in [0.05, 0.1) is 0 Å². The summed E-state index contributed by atoms with van der Waals surface area (Å²) in [5.41, 5.74) is 12.8. The number of nitrogens with zero attached hydrogens (tertiary/aromatic N) is 4. The van der Waals surface area contributed by atoms with Crippen LogP contribution in [0, 0.1) is 41.5 Å². The molecule has 190 valence electrons. The lowest BCUT2D eigenvalue weighted by molar-refractivity contribution is 0.794. The Labute approximate surface area is 222 Å². The Morgan fingerprint density at radius 1 is 0.514 bits per heavy atom. The Morgan fingerprint density at radius 3 is 1.22 bits per heavy atom. The highest BCUT2D eigenvalue weighted by atomic mass is 15.3. The molecule has 0 bridgehead atoms. The van der Waals surface area contributed by atoms with Crippen LogP contribution < -0.4 is 9.80 Å². The van der Waals surface area contributed by atoms with Gasteiger partial charge in [-0.05, 0) is 106 Å². The van der Waals surface area contributed by atoms with E-state index in [1.807, 2.05) is 12.4 Å². The highest BCUT2D eigenvalue weighted by Crippen LogP contribution is 2.31. The fourth-order valence-corrected chi connectivity index (χ4v) is 6.09. The largest absolute Gasteiger partial charge is 0.355 e. The van der Waals surface area contributed by atoms with Crippen molar-refractivity contribution in [3.05, 3.63) is 94.3 Å². The smallest absolute Gasteiger partial charge is 0.128 e. The van der Waals surface area contributed by atoms with Crippen molar-refractivity contribution in [3.63, 3.8) is 0 Å². The SMILES string of the molecule is Cc1cc(C)c(-c2ccc(N3CCCN(c4ccc(-c5c(C)cc(C)cc5C)cn4)CC3)nc2)c(C)c1. The van der Waals surface area contributed by atoms with Gasteiger partial charge >= 0.3 is 0 Å². The van der Waals surface area contributed by atoms with Crippen molar-refractivity contribution >= 4 is 11.6 Å². The molecule has 1 fully saturated rings. The van der Waals surface area contributed by atoms with Crippen molar-refractivity contribution in [3.8, 4) is 22.3 Å². The number of aromatic nitrogens is 2. The van der Waals surface area contributed by atoms with E-state index in [1.165, 1.54) is 55.6 Å². The van der Waals surface area contributed by atoms with Gasteiger partial charge in [0.2, 0.25) is 0 Å². The number of hydrogen-bond donors (Lipinski definition) is 0. The average molecular weight is 491 g/mol. The van der Waals surface area contributed by atoms with E-state index in [0.717, 1.165) is 44.2 Å². The maximum absolute atomic E-state index is 4.88. The molecule has 5 rings (SSSR count). The fourth-order valence-electron chi connectivity index (χ4n) is 6.09. The highest BCUT2D eigenvalue weighted by Gasteiger charge is 2.18. The number of rotatable bonds is 4. The third-order valence-electron chi connectivity index (χ3n) is 7.57. The van der Waals surface area contributed by atoms with Crippen LogP contribution in [0.2, 0.25) is 0 Å². The van der Waals surface area contributed by atoms with Gasteiger partial charge in [-0.15, -0.1) is 0 Å². The van der Waals surface area contributed by atoms with E-state index in [2.05, 4.69) is 99.9 Å². The Hall–Kier alpha value is -3.66. The Balaban J connectivity index is 1.28. The van der Waals surface area contributed by atoms with Crippen LogP contribution in [0.4, 0.5) is 11.6 Å². The van der Waals surface area contributed by atoms with Gasteiger partial charge in [-0.2, -0.15) is 0 Å². The molecule has 4 heteroatoms. The molecule has 0 spiro atoms. The van der Waals surface area contributed by atoms with Gasteiger partial charge < -0.3 is 9.80 Å². The molecule has 0 saturated carbocycles. The van der Waals surface area contributed by atoms with Crippen molar-refractivity contribution in [2.75, 3.05) is 36.0 Å². The summed E-state index contributed by atoms with van der Waals surface area (Å²) >= 11 is 0. The lowest BCUT2D eigenvalue weighted by atomic mass is 9.95. The van der Waals surface area contributed by atoms with Crippen molar-refractivity contribution in [1.29, 1.82) is 0 Å². The summed E-state index contributed by atoms with van der Waals surface area (Å²) < 4.78 is 0. The summed E-state index contributed by atoms with van der Waals surface area (Å²) in [6, 6.07) is 17.8. The van der Waals surface area contributed by atoms with Gasteiger partial charge in [-0.1, -0.05) is 35.4 Å². The first-order chi connectivity index (χ1) is 17.8. The summed E-state index contributed by atoms with van der Waals surface area (Å²) in [5.74, 6) is 2.11. The molecule has 0 N–H and O–H groups in total. The first kappa shape index (κ1) is 25.0. The molecule has 2 aromatic heterocycles. The van der Waals surface area contributed by atoms with Crippen LogP contribution in [0.5, 0.6) is 0 Å². The second kappa shape index (κ2) is 10.4. The van der Waals surface area contributed by atoms with Gasteiger partial charge in [-0.25, -0.2) is 9.97 Å². The zero-order chi connectivity index (χ0) is 26.1. The molecule has 0 amide bonds. The summed E-state index contributed by atoms with van der Waals surface area (Å²) in [7, 11) is 0. The number of hydrogen-bond acceptors (Lipinski definition) is 4. The van der Waals surface area contributed by atoms with E-state index >= 15 is 0 Å². The average Bonchev–Trinajstić information content (AvgIpc) is 3.10. The first-order valence-electron chi connectivity index (χ1n) is 13.4. The van der Waals surface area contributed by atoms with E-state index in [0.29, 0.717) is 0 Å². The summed E-state index contributed by atoms with van der Waals surface area (Å²) in [6.07, 6.45) is 5.16. The Bertz CT molecular complexity index is 1250. The van der Waals surface area contributed by atoms with Crippen molar-refractivity contribution < 1.29 is 0 Å². The van der Waals surface area contributed by atoms with Crippen LogP contribution in [0.1, 0.15) is 39.8 Å². The molecule has 2 aromatic carbocycles. The monoisotopic (exact) mass is 490 g/mol. The highest BCUT2D eigenvalue weighted by molar-refractivity contribution is 5.72. The second-order valence-corrected chi connectivity index (χ2v) is 10.7. The molecular weight excluding hydrogens is 452 g/mol. The fraction of sp³-hybridized carbons (Fsp3) is 0.333. The number of pyridine rings is 2. The minimum Gasteiger partial charge on any atom is -0.355 e. The summed E-state index contributed by atoms with van der Waals surface area (Å²) in [4.78, 5) is 14.6. The summed E-state index contributed by atoms with van der Waals surface area (Å²) in [5, 5.41) is 0. The molecular formula is C33H38N4. The van der Waals surface area contributed by atoms with Crippen LogP contribution >= 0.6 is 0 Å². The van der Waals surface area contributed by atoms with E-state index in [1.54, 1.807) is 0 Å². The zero-order valence-corrected chi connectivity index (χ0v) is 23.1. The molecule has 0 unspecified atom stereocenters. The van der Waals surface area contributed by atoms with E-state index < -0.39 is 0 Å². The molecule has 37 heavy (non-hydrogen) atoms. The van der Waals surface area contributed by atoms with Gasteiger partial charge in [0, 0.05) is 49.7 Å². The third kappa shape index (κ3) is 5.24. The van der Waals surface area contributed by atoms with Crippen LogP contribution in [-0.2, 0) is 0 Å². The number of benzene rings is 2. The zero-order valence-electron chi connectivity index (χ0n) is 23.1. The Morgan fingerprint density at radius 2 is 0.892 bits per heavy atom. The molecule has 0 radical (unpaired) electrons.